The highest BCUT2D eigenvalue weighted by Gasteiger charge is 2.16. The zero-order valence-electron chi connectivity index (χ0n) is 8.61. The number of hydrogen-bond acceptors (Lipinski definition) is 3. The Bertz CT molecular complexity index is 342. The molecule has 1 aromatic rings. The predicted octanol–water partition coefficient (Wildman–Crippen LogP) is 2.37. The van der Waals surface area contributed by atoms with Crippen LogP contribution >= 0.6 is 11.3 Å². The highest BCUT2D eigenvalue weighted by Crippen LogP contribution is 2.30. The van der Waals surface area contributed by atoms with E-state index in [2.05, 4.69) is 4.90 Å². The number of nitrogens with zero attached hydrogens (tertiary/aromatic N) is 1. The summed E-state index contributed by atoms with van der Waals surface area (Å²) in [6.07, 6.45) is 3.90. The van der Waals surface area contributed by atoms with E-state index < -0.39 is 5.97 Å². The van der Waals surface area contributed by atoms with E-state index in [9.17, 15) is 4.79 Å². The third kappa shape index (κ3) is 2.50. The number of anilines is 1. The molecule has 0 saturated carbocycles. The van der Waals surface area contributed by atoms with Crippen LogP contribution in [0.25, 0.3) is 0 Å². The van der Waals surface area contributed by atoms with Gasteiger partial charge in [-0.05, 0) is 36.3 Å². The van der Waals surface area contributed by atoms with Crippen molar-refractivity contribution >= 4 is 22.3 Å². The van der Waals surface area contributed by atoms with E-state index in [0.717, 1.165) is 23.7 Å². The van der Waals surface area contributed by atoms with Gasteiger partial charge in [-0.15, -0.1) is 11.3 Å². The molecule has 0 spiro atoms. The first-order valence-electron chi connectivity index (χ1n) is 5.30. The Labute approximate surface area is 93.3 Å². The fourth-order valence-electron chi connectivity index (χ4n) is 2.00. The molecule has 15 heavy (non-hydrogen) atoms. The Morgan fingerprint density at radius 2 is 2.13 bits per heavy atom. The Morgan fingerprint density at radius 3 is 2.80 bits per heavy atom. The molecule has 82 valence electrons. The van der Waals surface area contributed by atoms with Crippen molar-refractivity contribution in [2.45, 2.75) is 25.7 Å². The molecule has 0 aromatic carbocycles. The molecule has 0 amide bonds. The third-order valence-electron chi connectivity index (χ3n) is 2.71. The van der Waals surface area contributed by atoms with Crippen LogP contribution in [0, 0.1) is 0 Å². The first-order valence-corrected chi connectivity index (χ1v) is 6.18. The molecule has 1 aliphatic rings. The lowest BCUT2D eigenvalue weighted by atomic mass is 10.1. The van der Waals surface area contributed by atoms with Crippen LogP contribution in [-0.4, -0.2) is 24.2 Å². The van der Waals surface area contributed by atoms with Crippen LogP contribution in [0.4, 0.5) is 5.00 Å². The number of carboxylic acids is 1. The van der Waals surface area contributed by atoms with Crippen LogP contribution < -0.4 is 4.90 Å². The molecule has 2 heterocycles. The average molecular weight is 225 g/mol. The van der Waals surface area contributed by atoms with Gasteiger partial charge in [0.2, 0.25) is 0 Å². The summed E-state index contributed by atoms with van der Waals surface area (Å²) in [6.45, 7) is 2.15. The van der Waals surface area contributed by atoms with Crippen molar-refractivity contribution in [3.05, 3.63) is 17.0 Å². The molecular formula is C11H15NO2S. The molecule has 0 radical (unpaired) electrons. The summed E-state index contributed by atoms with van der Waals surface area (Å²) >= 11 is 1.66. The van der Waals surface area contributed by atoms with Crippen molar-refractivity contribution in [1.29, 1.82) is 0 Å². The number of rotatable bonds is 3. The highest BCUT2D eigenvalue weighted by molar-refractivity contribution is 7.14. The number of carbonyl (C=O) groups is 1. The molecule has 0 bridgehead atoms. The Hall–Kier alpha value is -1.03. The lowest BCUT2D eigenvalue weighted by Crippen LogP contribution is -2.29. The summed E-state index contributed by atoms with van der Waals surface area (Å²) in [5.74, 6) is -0.744. The number of carboxylic acid groups (broad SMARTS) is 1. The minimum atomic E-state index is -0.744. The first-order chi connectivity index (χ1) is 7.27. The number of thiophene rings is 1. The predicted molar refractivity (Wildman–Crippen MR) is 61.7 cm³/mol. The van der Waals surface area contributed by atoms with Crippen LogP contribution in [0.1, 0.15) is 24.8 Å². The number of aliphatic carboxylic acids is 1. The van der Waals surface area contributed by atoms with Gasteiger partial charge in [-0.1, -0.05) is 0 Å². The van der Waals surface area contributed by atoms with Crippen LogP contribution in [0.15, 0.2) is 11.4 Å². The molecule has 0 atom stereocenters. The van der Waals surface area contributed by atoms with Crippen molar-refractivity contribution in [2.75, 3.05) is 18.0 Å². The molecule has 1 fully saturated rings. The van der Waals surface area contributed by atoms with Crippen molar-refractivity contribution in [1.82, 2.24) is 0 Å². The monoisotopic (exact) mass is 225 g/mol. The van der Waals surface area contributed by atoms with Gasteiger partial charge in [0.25, 0.3) is 0 Å². The summed E-state index contributed by atoms with van der Waals surface area (Å²) in [5.41, 5.74) is 0.967. The van der Waals surface area contributed by atoms with Gasteiger partial charge in [0, 0.05) is 13.1 Å². The third-order valence-corrected chi connectivity index (χ3v) is 3.72. The summed E-state index contributed by atoms with van der Waals surface area (Å²) in [4.78, 5) is 13.0. The lowest BCUT2D eigenvalue weighted by molar-refractivity contribution is -0.136. The van der Waals surface area contributed by atoms with E-state index in [-0.39, 0.29) is 6.42 Å². The summed E-state index contributed by atoms with van der Waals surface area (Å²) in [7, 11) is 0. The largest absolute Gasteiger partial charge is 0.481 e. The normalized spacial score (nSPS) is 16.7. The van der Waals surface area contributed by atoms with Gasteiger partial charge in [-0.3, -0.25) is 4.79 Å². The van der Waals surface area contributed by atoms with Crippen molar-refractivity contribution in [3.63, 3.8) is 0 Å². The Balaban J connectivity index is 2.12. The van der Waals surface area contributed by atoms with Gasteiger partial charge >= 0.3 is 5.97 Å². The molecule has 1 saturated heterocycles. The lowest BCUT2D eigenvalue weighted by Gasteiger charge is -2.28. The molecule has 0 aliphatic carbocycles. The summed E-state index contributed by atoms with van der Waals surface area (Å²) in [5, 5.41) is 11.9. The second kappa shape index (κ2) is 4.66. The molecule has 2 rings (SSSR count). The van der Waals surface area contributed by atoms with Crippen LogP contribution in [0.3, 0.4) is 0 Å². The number of hydrogen-bond donors (Lipinski definition) is 1. The van der Waals surface area contributed by atoms with Gasteiger partial charge in [-0.25, -0.2) is 0 Å². The van der Waals surface area contributed by atoms with Crippen molar-refractivity contribution < 1.29 is 9.90 Å². The maximum atomic E-state index is 10.7. The maximum absolute atomic E-state index is 10.7. The minimum Gasteiger partial charge on any atom is -0.481 e. The molecule has 0 unspecified atom stereocenters. The van der Waals surface area contributed by atoms with Gasteiger partial charge in [0.05, 0.1) is 11.4 Å². The fourth-order valence-corrected chi connectivity index (χ4v) is 2.98. The van der Waals surface area contributed by atoms with Gasteiger partial charge in [0.1, 0.15) is 0 Å². The zero-order chi connectivity index (χ0) is 10.7. The second-order valence-electron chi connectivity index (χ2n) is 3.87. The Kier molecular flexibility index (Phi) is 3.26. The van der Waals surface area contributed by atoms with E-state index in [4.69, 9.17) is 5.11 Å². The SMILES string of the molecule is O=C(O)Cc1ccsc1N1CCCCC1. The van der Waals surface area contributed by atoms with E-state index in [0.29, 0.717) is 0 Å². The zero-order valence-corrected chi connectivity index (χ0v) is 9.42. The van der Waals surface area contributed by atoms with Crippen LogP contribution in [0.5, 0.6) is 0 Å². The average Bonchev–Trinajstić information content (AvgIpc) is 2.66. The molecular weight excluding hydrogens is 210 g/mol. The molecule has 1 aliphatic heterocycles. The Morgan fingerprint density at radius 1 is 1.40 bits per heavy atom. The van der Waals surface area contributed by atoms with E-state index in [1.165, 1.54) is 19.3 Å². The van der Waals surface area contributed by atoms with Crippen molar-refractivity contribution in [3.8, 4) is 0 Å². The van der Waals surface area contributed by atoms with E-state index in [1.807, 2.05) is 11.4 Å². The standard InChI is InChI=1S/C11H15NO2S/c13-10(14)8-9-4-7-15-11(9)12-5-2-1-3-6-12/h4,7H,1-3,5-6,8H2,(H,13,14). The topological polar surface area (TPSA) is 40.5 Å². The second-order valence-corrected chi connectivity index (χ2v) is 4.76. The summed E-state index contributed by atoms with van der Waals surface area (Å²) < 4.78 is 0. The minimum absolute atomic E-state index is 0.148. The van der Waals surface area contributed by atoms with Gasteiger partial charge in [0.15, 0.2) is 0 Å². The highest BCUT2D eigenvalue weighted by atomic mass is 32.1. The fraction of sp³-hybridized carbons (Fsp3) is 0.545. The van der Waals surface area contributed by atoms with Gasteiger partial charge < -0.3 is 10.0 Å². The molecule has 1 N–H and O–H groups in total. The van der Waals surface area contributed by atoms with Gasteiger partial charge in [-0.2, -0.15) is 0 Å². The first kappa shape index (κ1) is 10.5. The maximum Gasteiger partial charge on any atom is 0.307 e. The molecule has 3 nitrogen and oxygen atoms in total. The van der Waals surface area contributed by atoms with Crippen LogP contribution in [0.2, 0.25) is 0 Å². The quantitative estimate of drug-likeness (QED) is 0.858. The summed E-state index contributed by atoms with van der Waals surface area (Å²) in [6, 6.07) is 1.93. The molecule has 4 heteroatoms. The van der Waals surface area contributed by atoms with E-state index >= 15 is 0 Å². The van der Waals surface area contributed by atoms with Crippen molar-refractivity contribution in [2.24, 2.45) is 0 Å². The smallest absolute Gasteiger partial charge is 0.307 e. The molecule has 1 aromatic heterocycles. The van der Waals surface area contributed by atoms with Crippen LogP contribution in [-0.2, 0) is 11.2 Å². The van der Waals surface area contributed by atoms with E-state index in [1.54, 1.807) is 11.3 Å². The number of piperidine rings is 1.